The van der Waals surface area contributed by atoms with E-state index in [9.17, 15) is 12.6 Å². The van der Waals surface area contributed by atoms with Crippen molar-refractivity contribution in [1.82, 2.24) is 0 Å². The summed E-state index contributed by atoms with van der Waals surface area (Å²) < 4.78 is 36.6. The third kappa shape index (κ3) is 17.0. The van der Waals surface area contributed by atoms with Crippen LogP contribution in [0.15, 0.2) is 0 Å². The standard InChI is InChI=1S/C8H18O4S5/c9-16(13)12-5-1-2-6-15-7-3-4-8-17(10,11)14/h16H,1-8H2,(H,10,11,14). The summed E-state index contributed by atoms with van der Waals surface area (Å²) in [6.07, 6.45) is 3.40. The Balaban J connectivity index is 3.14. The van der Waals surface area contributed by atoms with Gasteiger partial charge < -0.3 is 0 Å². The van der Waals surface area contributed by atoms with Gasteiger partial charge in [0.1, 0.15) is 9.64 Å². The molecule has 1 atom stereocenters. The number of rotatable bonds is 11. The number of thiol groups is 2. The Morgan fingerprint density at radius 3 is 2.29 bits per heavy atom. The van der Waals surface area contributed by atoms with Crippen molar-refractivity contribution in [3.63, 3.8) is 0 Å². The van der Waals surface area contributed by atoms with E-state index < -0.39 is 18.5 Å². The predicted octanol–water partition coefficient (Wildman–Crippen LogP) is 1.41. The second-order valence-corrected chi connectivity index (χ2v) is 9.44. The minimum Gasteiger partial charge on any atom is -0.292 e. The molecule has 0 amide bonds. The first-order valence-corrected chi connectivity index (χ1v) is 11.3. The molecule has 0 radical (unpaired) electrons. The van der Waals surface area contributed by atoms with Gasteiger partial charge in [0.15, 0.2) is 8.87 Å². The summed E-state index contributed by atoms with van der Waals surface area (Å²) in [6.45, 7) is 0.456. The third-order valence-corrected chi connectivity index (χ3v) is 5.04. The van der Waals surface area contributed by atoms with E-state index in [0.717, 1.165) is 30.8 Å². The van der Waals surface area contributed by atoms with E-state index >= 15 is 0 Å². The van der Waals surface area contributed by atoms with Gasteiger partial charge in [0.05, 0.1) is 12.4 Å². The van der Waals surface area contributed by atoms with Gasteiger partial charge in [-0.2, -0.15) is 11.8 Å². The van der Waals surface area contributed by atoms with Crippen LogP contribution in [0.4, 0.5) is 0 Å². The summed E-state index contributed by atoms with van der Waals surface area (Å²) in [5.41, 5.74) is 0. The topological polar surface area (TPSA) is 60.4 Å². The quantitative estimate of drug-likeness (QED) is 0.337. The molecular formula is C8H18O4S5. The van der Waals surface area contributed by atoms with E-state index in [1.807, 2.05) is 0 Å². The van der Waals surface area contributed by atoms with Gasteiger partial charge in [0.2, 0.25) is 0 Å². The average Bonchev–Trinajstić information content (AvgIpc) is 2.18. The van der Waals surface area contributed by atoms with Crippen molar-refractivity contribution in [2.75, 3.05) is 23.9 Å². The lowest BCUT2D eigenvalue weighted by atomic mass is 10.4. The maximum Gasteiger partial charge on any atom is 0.198 e. The van der Waals surface area contributed by atoms with Crippen LogP contribution in [0.25, 0.3) is 0 Å². The molecule has 4 nitrogen and oxygen atoms in total. The molecule has 0 N–H and O–H groups in total. The van der Waals surface area contributed by atoms with Crippen molar-refractivity contribution in [1.29, 1.82) is 0 Å². The van der Waals surface area contributed by atoms with Gasteiger partial charge in [-0.25, -0.2) is 12.6 Å². The van der Waals surface area contributed by atoms with Gasteiger partial charge in [-0.05, 0) is 48.8 Å². The second-order valence-electron chi connectivity index (χ2n) is 3.37. The van der Waals surface area contributed by atoms with E-state index in [1.54, 1.807) is 11.8 Å². The Bertz CT molecular complexity index is 341. The highest BCUT2D eigenvalue weighted by Crippen LogP contribution is 2.09. The van der Waals surface area contributed by atoms with Crippen LogP contribution in [-0.2, 0) is 33.9 Å². The Labute approximate surface area is 119 Å². The molecule has 0 bridgehead atoms. The highest BCUT2D eigenvalue weighted by molar-refractivity contribution is 8.63. The molecule has 0 aromatic carbocycles. The lowest BCUT2D eigenvalue weighted by Gasteiger charge is -2.01. The number of hydrogen-bond donors (Lipinski definition) is 2. The van der Waals surface area contributed by atoms with Gasteiger partial charge >= 0.3 is 0 Å². The SMILES string of the molecule is O=[SH](=S)OCCCCSCCCCS(=O)(=O)S. The largest absolute Gasteiger partial charge is 0.292 e. The van der Waals surface area contributed by atoms with Crippen LogP contribution in [0.1, 0.15) is 25.7 Å². The van der Waals surface area contributed by atoms with Crippen molar-refractivity contribution in [3.05, 3.63) is 0 Å². The summed E-state index contributed by atoms with van der Waals surface area (Å²) in [5.74, 6) is 2.11. The fraction of sp³-hybridized carbons (Fsp3) is 1.00. The molecular weight excluding hydrogens is 320 g/mol. The van der Waals surface area contributed by atoms with Gasteiger partial charge in [0.25, 0.3) is 0 Å². The number of unbranched alkanes of at least 4 members (excludes halogenated alkanes) is 2. The molecule has 0 aliphatic heterocycles. The molecule has 0 aliphatic carbocycles. The van der Waals surface area contributed by atoms with Crippen LogP contribution in [0, 0.1) is 0 Å². The fourth-order valence-corrected chi connectivity index (χ4v) is 3.51. The summed E-state index contributed by atoms with van der Waals surface area (Å²) in [5, 5.41) is 0. The minimum absolute atomic E-state index is 0.149. The molecule has 0 aromatic rings. The van der Waals surface area contributed by atoms with Crippen molar-refractivity contribution in [3.8, 4) is 0 Å². The number of thioether (sulfide) groups is 1. The van der Waals surface area contributed by atoms with E-state index in [-0.39, 0.29) is 5.75 Å². The Morgan fingerprint density at radius 1 is 1.18 bits per heavy atom. The van der Waals surface area contributed by atoms with Crippen LogP contribution >= 0.6 is 23.4 Å². The molecule has 0 saturated heterocycles. The molecule has 104 valence electrons. The van der Waals surface area contributed by atoms with Crippen molar-refractivity contribution < 1.29 is 16.8 Å². The summed E-state index contributed by atoms with van der Waals surface area (Å²) in [6, 6.07) is 0. The Morgan fingerprint density at radius 2 is 1.76 bits per heavy atom. The van der Waals surface area contributed by atoms with E-state index in [4.69, 9.17) is 4.18 Å². The average molecular weight is 339 g/mol. The normalized spacial score (nSPS) is 13.7. The van der Waals surface area contributed by atoms with E-state index in [0.29, 0.717) is 13.0 Å². The smallest absolute Gasteiger partial charge is 0.198 e. The van der Waals surface area contributed by atoms with Crippen LogP contribution in [0.5, 0.6) is 0 Å². The minimum atomic E-state index is -3.11. The first-order valence-electron chi connectivity index (χ1n) is 5.22. The fourth-order valence-electron chi connectivity index (χ4n) is 1.04. The van der Waals surface area contributed by atoms with Gasteiger partial charge in [-0.1, -0.05) is 0 Å². The third-order valence-electron chi connectivity index (χ3n) is 1.82. The molecule has 9 heteroatoms. The zero-order valence-electron chi connectivity index (χ0n) is 9.41. The first kappa shape index (κ1) is 18.0. The van der Waals surface area contributed by atoms with Gasteiger partial charge in [-0.15, -0.1) is 0 Å². The van der Waals surface area contributed by atoms with Crippen LogP contribution in [-0.4, -0.2) is 36.5 Å². The van der Waals surface area contributed by atoms with Crippen LogP contribution < -0.4 is 0 Å². The summed E-state index contributed by atoms with van der Waals surface area (Å²) in [7, 11) is -4.99. The van der Waals surface area contributed by atoms with Crippen molar-refractivity contribution in [2.24, 2.45) is 0 Å². The summed E-state index contributed by atoms with van der Waals surface area (Å²) >= 11 is 9.64. The van der Waals surface area contributed by atoms with Crippen LogP contribution in [0.3, 0.4) is 0 Å². The maximum absolute atomic E-state index is 10.7. The molecule has 0 saturated carbocycles. The monoisotopic (exact) mass is 338 g/mol. The molecule has 0 heterocycles. The van der Waals surface area contributed by atoms with Crippen molar-refractivity contribution >= 4 is 53.1 Å². The predicted molar refractivity (Wildman–Crippen MR) is 81.4 cm³/mol. The molecule has 0 aliphatic rings. The highest BCUT2D eigenvalue weighted by atomic mass is 33.1. The van der Waals surface area contributed by atoms with Gasteiger partial charge in [0, 0.05) is 11.2 Å². The van der Waals surface area contributed by atoms with E-state index in [2.05, 4.69) is 22.8 Å². The summed E-state index contributed by atoms with van der Waals surface area (Å²) in [4.78, 5) is 0. The van der Waals surface area contributed by atoms with Crippen LogP contribution in [0.2, 0.25) is 0 Å². The zero-order chi connectivity index (χ0) is 13.1. The zero-order valence-corrected chi connectivity index (χ0v) is 13.6. The molecule has 0 rings (SSSR count). The van der Waals surface area contributed by atoms with Gasteiger partial charge in [-0.3, -0.25) is 4.18 Å². The first-order chi connectivity index (χ1) is 7.92. The molecule has 1 unspecified atom stereocenters. The number of hydrogen-bond acceptors (Lipinski definition) is 6. The Kier molecular flexibility index (Phi) is 11.5. The molecule has 0 fully saturated rings. The second kappa shape index (κ2) is 10.9. The maximum atomic E-state index is 10.7. The van der Waals surface area contributed by atoms with E-state index in [1.165, 1.54) is 0 Å². The lowest BCUT2D eigenvalue weighted by Crippen LogP contribution is -1.98. The Hall–Kier alpha value is 0.980. The highest BCUT2D eigenvalue weighted by Gasteiger charge is 2.01. The molecule has 17 heavy (non-hydrogen) atoms. The van der Waals surface area contributed by atoms with Crippen molar-refractivity contribution in [2.45, 2.75) is 25.7 Å². The lowest BCUT2D eigenvalue weighted by molar-refractivity contribution is 0.348. The molecule has 0 spiro atoms. The molecule has 0 aromatic heterocycles.